The van der Waals surface area contributed by atoms with E-state index in [2.05, 4.69) is 39.7 Å². The average Bonchev–Trinajstić information content (AvgIpc) is 2.91. The fourth-order valence-electron chi connectivity index (χ4n) is 2.37. The van der Waals surface area contributed by atoms with E-state index in [0.717, 1.165) is 13.1 Å². The van der Waals surface area contributed by atoms with Gasteiger partial charge in [0.25, 0.3) is 0 Å². The van der Waals surface area contributed by atoms with Crippen molar-refractivity contribution in [1.82, 2.24) is 15.1 Å². The highest BCUT2D eigenvalue weighted by Gasteiger charge is 2.09. The molecule has 0 bridgehead atoms. The molecule has 1 aliphatic rings. The Morgan fingerprint density at radius 1 is 1.33 bits per heavy atom. The standard InChI is InChI=1S/C14H25N3S/c1-16(10-5-14-4-2-13-18-14)8-3-9-17-11-6-15-7-12-17/h2,4,13,15H,3,5-12H2,1H3. The van der Waals surface area contributed by atoms with Crippen LogP contribution in [0.5, 0.6) is 0 Å². The molecule has 1 fully saturated rings. The van der Waals surface area contributed by atoms with E-state index in [0.29, 0.717) is 0 Å². The maximum Gasteiger partial charge on any atom is 0.0107 e. The lowest BCUT2D eigenvalue weighted by molar-refractivity contribution is 0.222. The molecule has 1 aliphatic heterocycles. The number of rotatable bonds is 7. The zero-order chi connectivity index (χ0) is 12.6. The molecule has 3 nitrogen and oxygen atoms in total. The van der Waals surface area contributed by atoms with Gasteiger partial charge in [0.2, 0.25) is 0 Å². The van der Waals surface area contributed by atoms with E-state index in [1.54, 1.807) is 0 Å². The third kappa shape index (κ3) is 5.06. The summed E-state index contributed by atoms with van der Waals surface area (Å²) in [6.07, 6.45) is 2.49. The number of thiophene rings is 1. The lowest BCUT2D eigenvalue weighted by Crippen LogP contribution is -2.44. The Labute approximate surface area is 115 Å². The largest absolute Gasteiger partial charge is 0.314 e. The van der Waals surface area contributed by atoms with Crippen LogP contribution in [0.1, 0.15) is 11.3 Å². The Balaban J connectivity index is 1.52. The normalized spacial score (nSPS) is 17.4. The first kappa shape index (κ1) is 14.0. The number of hydrogen-bond donors (Lipinski definition) is 1. The zero-order valence-corrected chi connectivity index (χ0v) is 12.2. The predicted molar refractivity (Wildman–Crippen MR) is 79.4 cm³/mol. The summed E-state index contributed by atoms with van der Waals surface area (Å²) in [7, 11) is 2.24. The van der Waals surface area contributed by atoms with Gasteiger partial charge in [0, 0.05) is 37.6 Å². The van der Waals surface area contributed by atoms with Crippen LogP contribution in [-0.4, -0.2) is 62.7 Å². The van der Waals surface area contributed by atoms with E-state index in [1.165, 1.54) is 50.4 Å². The summed E-state index contributed by atoms with van der Waals surface area (Å²) in [4.78, 5) is 6.54. The number of nitrogens with zero attached hydrogens (tertiary/aromatic N) is 2. The van der Waals surface area contributed by atoms with E-state index >= 15 is 0 Å². The average molecular weight is 267 g/mol. The predicted octanol–water partition coefficient (Wildman–Crippen LogP) is 1.52. The molecule has 0 spiro atoms. The van der Waals surface area contributed by atoms with Gasteiger partial charge in [0.1, 0.15) is 0 Å². The van der Waals surface area contributed by atoms with Gasteiger partial charge < -0.3 is 15.1 Å². The molecule has 1 saturated heterocycles. The molecule has 1 aromatic heterocycles. The molecule has 0 atom stereocenters. The number of nitrogens with one attached hydrogen (secondary N) is 1. The molecule has 0 aromatic carbocycles. The molecule has 0 saturated carbocycles. The highest BCUT2D eigenvalue weighted by atomic mass is 32.1. The Kier molecular flexibility index (Phi) is 6.14. The zero-order valence-electron chi connectivity index (χ0n) is 11.4. The highest BCUT2D eigenvalue weighted by Crippen LogP contribution is 2.09. The van der Waals surface area contributed by atoms with Gasteiger partial charge in [-0.15, -0.1) is 11.3 Å². The molecule has 0 radical (unpaired) electrons. The first-order valence-corrected chi connectivity index (χ1v) is 7.86. The summed E-state index contributed by atoms with van der Waals surface area (Å²) in [6, 6.07) is 4.38. The first-order valence-electron chi connectivity index (χ1n) is 6.98. The Morgan fingerprint density at radius 2 is 2.17 bits per heavy atom. The molecular weight excluding hydrogens is 242 g/mol. The van der Waals surface area contributed by atoms with Crippen molar-refractivity contribution < 1.29 is 0 Å². The molecule has 18 heavy (non-hydrogen) atoms. The lowest BCUT2D eigenvalue weighted by atomic mass is 10.3. The second-order valence-corrected chi connectivity index (χ2v) is 6.11. The quantitative estimate of drug-likeness (QED) is 0.808. The first-order chi connectivity index (χ1) is 8.84. The summed E-state index contributed by atoms with van der Waals surface area (Å²) in [5.41, 5.74) is 0. The molecule has 0 unspecified atom stereocenters. The number of hydrogen-bond acceptors (Lipinski definition) is 4. The van der Waals surface area contributed by atoms with Gasteiger partial charge in [-0.1, -0.05) is 6.07 Å². The molecule has 1 N–H and O–H groups in total. The van der Waals surface area contributed by atoms with E-state index in [1.807, 2.05) is 11.3 Å². The van der Waals surface area contributed by atoms with Crippen molar-refractivity contribution >= 4 is 11.3 Å². The molecule has 0 amide bonds. The molecule has 0 aliphatic carbocycles. The summed E-state index contributed by atoms with van der Waals surface area (Å²) in [6.45, 7) is 8.42. The molecule has 4 heteroatoms. The van der Waals surface area contributed by atoms with Crippen molar-refractivity contribution in [3.05, 3.63) is 22.4 Å². The minimum Gasteiger partial charge on any atom is -0.314 e. The lowest BCUT2D eigenvalue weighted by Gasteiger charge is -2.27. The van der Waals surface area contributed by atoms with Crippen molar-refractivity contribution in [2.45, 2.75) is 12.8 Å². The summed E-state index contributed by atoms with van der Waals surface area (Å²) >= 11 is 1.87. The van der Waals surface area contributed by atoms with Crippen LogP contribution in [0, 0.1) is 0 Å². The molecular formula is C14H25N3S. The van der Waals surface area contributed by atoms with Gasteiger partial charge in [-0.2, -0.15) is 0 Å². The van der Waals surface area contributed by atoms with Crippen molar-refractivity contribution in [3.63, 3.8) is 0 Å². The fourth-order valence-corrected chi connectivity index (χ4v) is 3.06. The Hall–Kier alpha value is -0.420. The third-order valence-electron chi connectivity index (χ3n) is 3.54. The van der Waals surface area contributed by atoms with Crippen LogP contribution in [-0.2, 0) is 6.42 Å². The van der Waals surface area contributed by atoms with Crippen LogP contribution < -0.4 is 5.32 Å². The summed E-state index contributed by atoms with van der Waals surface area (Å²) in [5.74, 6) is 0. The van der Waals surface area contributed by atoms with Crippen LogP contribution in [0.4, 0.5) is 0 Å². The van der Waals surface area contributed by atoms with Gasteiger partial charge in [-0.05, 0) is 44.4 Å². The maximum absolute atomic E-state index is 3.40. The number of piperazine rings is 1. The van der Waals surface area contributed by atoms with Crippen LogP contribution >= 0.6 is 11.3 Å². The van der Waals surface area contributed by atoms with Gasteiger partial charge >= 0.3 is 0 Å². The van der Waals surface area contributed by atoms with Gasteiger partial charge in [-0.3, -0.25) is 0 Å². The van der Waals surface area contributed by atoms with Crippen molar-refractivity contribution in [1.29, 1.82) is 0 Å². The second-order valence-electron chi connectivity index (χ2n) is 5.08. The SMILES string of the molecule is CN(CCCN1CCNCC1)CCc1cccs1. The topological polar surface area (TPSA) is 18.5 Å². The van der Waals surface area contributed by atoms with E-state index < -0.39 is 0 Å². The van der Waals surface area contributed by atoms with E-state index in [4.69, 9.17) is 0 Å². The maximum atomic E-state index is 3.40. The highest BCUT2D eigenvalue weighted by molar-refractivity contribution is 7.09. The molecule has 1 aromatic rings. The van der Waals surface area contributed by atoms with Crippen molar-refractivity contribution in [2.24, 2.45) is 0 Å². The van der Waals surface area contributed by atoms with Crippen molar-refractivity contribution in [2.75, 3.05) is 52.9 Å². The Morgan fingerprint density at radius 3 is 2.89 bits per heavy atom. The van der Waals surface area contributed by atoms with Crippen molar-refractivity contribution in [3.8, 4) is 0 Å². The van der Waals surface area contributed by atoms with Gasteiger partial charge in [0.15, 0.2) is 0 Å². The summed E-state index contributed by atoms with van der Waals surface area (Å²) < 4.78 is 0. The molecule has 2 rings (SSSR count). The minimum absolute atomic E-state index is 1.16. The third-order valence-corrected chi connectivity index (χ3v) is 4.48. The Bertz CT molecular complexity index is 307. The minimum atomic E-state index is 1.16. The van der Waals surface area contributed by atoms with E-state index in [-0.39, 0.29) is 0 Å². The summed E-state index contributed by atoms with van der Waals surface area (Å²) in [5, 5.41) is 5.57. The van der Waals surface area contributed by atoms with Crippen LogP contribution in [0.25, 0.3) is 0 Å². The second kappa shape index (κ2) is 7.89. The van der Waals surface area contributed by atoms with Crippen LogP contribution in [0.3, 0.4) is 0 Å². The smallest absolute Gasteiger partial charge is 0.0107 e. The molecule has 102 valence electrons. The molecule has 2 heterocycles. The van der Waals surface area contributed by atoms with Crippen LogP contribution in [0.2, 0.25) is 0 Å². The van der Waals surface area contributed by atoms with E-state index in [9.17, 15) is 0 Å². The monoisotopic (exact) mass is 267 g/mol. The fraction of sp³-hybridized carbons (Fsp3) is 0.714. The van der Waals surface area contributed by atoms with Gasteiger partial charge in [-0.25, -0.2) is 0 Å². The van der Waals surface area contributed by atoms with Crippen LogP contribution in [0.15, 0.2) is 17.5 Å². The van der Waals surface area contributed by atoms with Gasteiger partial charge in [0.05, 0.1) is 0 Å². The number of likely N-dealkylation sites (N-methyl/N-ethyl adjacent to an activating group) is 1.